The normalized spacial score (nSPS) is 30.8. The van der Waals surface area contributed by atoms with E-state index in [4.69, 9.17) is 5.73 Å². The lowest BCUT2D eigenvalue weighted by atomic mass is 9.56. The quantitative estimate of drug-likeness (QED) is 0.185. The minimum absolute atomic E-state index is 0.0443. The fourth-order valence-electron chi connectivity index (χ4n) is 7.48. The Labute approximate surface area is 254 Å². The number of Topliss-reactive ketones (excluding diaryl/α,β-unsaturated/α-hetero) is 2. The third kappa shape index (κ3) is 4.23. The molecule has 0 bridgehead atoms. The zero-order chi connectivity index (χ0) is 31.8. The Balaban J connectivity index is 1.55. The second-order valence-electron chi connectivity index (χ2n) is 12.6. The van der Waals surface area contributed by atoms with Crippen LogP contribution in [-0.4, -0.2) is 111 Å². The summed E-state index contributed by atoms with van der Waals surface area (Å²) in [5, 5.41) is 61.5. The Morgan fingerprint density at radius 1 is 1.16 bits per heavy atom. The van der Waals surface area contributed by atoms with Crippen molar-refractivity contribution < 1.29 is 39.9 Å². The first-order chi connectivity index (χ1) is 20.8. The van der Waals surface area contributed by atoms with E-state index in [1.165, 1.54) is 19.0 Å². The Kier molecular flexibility index (Phi) is 7.23. The lowest BCUT2D eigenvalue weighted by Gasteiger charge is -2.52. The van der Waals surface area contributed by atoms with E-state index in [9.17, 15) is 39.9 Å². The summed E-state index contributed by atoms with van der Waals surface area (Å²) in [6.07, 6.45) is 8.04. The number of carbonyl (C=O) groups excluding carboxylic acids is 3. The third-order valence-electron chi connectivity index (χ3n) is 9.74. The van der Waals surface area contributed by atoms with Gasteiger partial charge in [-0.2, -0.15) is 0 Å². The van der Waals surface area contributed by atoms with Crippen LogP contribution in [0.1, 0.15) is 36.0 Å². The van der Waals surface area contributed by atoms with Gasteiger partial charge >= 0.3 is 0 Å². The van der Waals surface area contributed by atoms with Crippen LogP contribution in [-0.2, 0) is 14.4 Å². The van der Waals surface area contributed by atoms with E-state index in [1.807, 2.05) is 25.3 Å². The highest BCUT2D eigenvalue weighted by Crippen LogP contribution is 2.55. The average Bonchev–Trinajstić information content (AvgIpc) is 3.50. The lowest BCUT2D eigenvalue weighted by molar-refractivity contribution is -0.167. The zero-order valence-corrected chi connectivity index (χ0v) is 24.7. The highest BCUT2D eigenvalue weighted by molar-refractivity contribution is 6.24. The molecule has 12 nitrogen and oxygen atoms in total. The van der Waals surface area contributed by atoms with Crippen LogP contribution in [0.2, 0.25) is 0 Å². The highest BCUT2D eigenvalue weighted by Gasteiger charge is 2.67. The maximum Gasteiger partial charge on any atom is 0.255 e. The number of benzene rings is 1. The van der Waals surface area contributed by atoms with E-state index in [-0.39, 0.29) is 17.4 Å². The minimum atomic E-state index is -2.96. The molecule has 8 N–H and O–H groups in total. The van der Waals surface area contributed by atoms with Gasteiger partial charge in [0.1, 0.15) is 22.8 Å². The average molecular weight is 606 g/mol. The van der Waals surface area contributed by atoms with Crippen molar-refractivity contribution in [1.82, 2.24) is 9.80 Å². The molecule has 1 saturated carbocycles. The number of rotatable bonds is 5. The van der Waals surface area contributed by atoms with Crippen molar-refractivity contribution in [3.8, 4) is 5.75 Å². The molecule has 2 fully saturated rings. The molecule has 0 aromatic heterocycles. The van der Waals surface area contributed by atoms with E-state index >= 15 is 0 Å². The number of piperidine rings is 1. The van der Waals surface area contributed by atoms with Crippen molar-refractivity contribution in [2.45, 2.75) is 43.1 Å². The van der Waals surface area contributed by atoms with Gasteiger partial charge in [0.05, 0.1) is 29.3 Å². The Morgan fingerprint density at radius 2 is 1.84 bits per heavy atom. The van der Waals surface area contributed by atoms with Crippen molar-refractivity contribution in [2.75, 3.05) is 39.5 Å². The molecule has 4 aliphatic carbocycles. The highest BCUT2D eigenvalue weighted by atomic mass is 16.4. The van der Waals surface area contributed by atoms with Gasteiger partial charge in [0.25, 0.3) is 5.91 Å². The number of hydrogen-bond acceptors (Lipinski definition) is 11. The van der Waals surface area contributed by atoms with Crippen LogP contribution in [0.15, 0.2) is 41.2 Å². The van der Waals surface area contributed by atoms with E-state index < -0.39 is 69.7 Å². The van der Waals surface area contributed by atoms with Gasteiger partial charge in [-0.15, -0.1) is 0 Å². The fraction of sp³-hybridized carbons (Fsp3) is 0.438. The number of nitrogens with two attached hydrogens (primary N) is 1. The molecule has 5 aliphatic rings. The molecule has 5 atom stereocenters. The second-order valence-corrected chi connectivity index (χ2v) is 12.6. The van der Waals surface area contributed by atoms with Gasteiger partial charge in [-0.25, -0.2) is 0 Å². The molecule has 1 saturated heterocycles. The van der Waals surface area contributed by atoms with Crippen LogP contribution in [0.3, 0.4) is 0 Å². The van der Waals surface area contributed by atoms with Crippen molar-refractivity contribution in [1.29, 1.82) is 0 Å². The molecule has 1 aromatic rings. The number of aromatic hydroxyl groups is 1. The first kappa shape index (κ1) is 30.1. The van der Waals surface area contributed by atoms with Crippen molar-refractivity contribution in [3.63, 3.8) is 0 Å². The molecular weight excluding hydrogens is 568 g/mol. The molecule has 1 radical (unpaired) electrons. The number of likely N-dealkylation sites (tertiary alicyclic amines) is 1. The lowest BCUT2D eigenvalue weighted by Crippen LogP contribution is -2.70. The van der Waals surface area contributed by atoms with Gasteiger partial charge in [0.15, 0.2) is 11.4 Å². The van der Waals surface area contributed by atoms with Gasteiger partial charge < -0.3 is 41.5 Å². The fourth-order valence-corrected chi connectivity index (χ4v) is 7.48. The summed E-state index contributed by atoms with van der Waals surface area (Å²) in [7, 11) is 4.98. The number of phenols is 1. The van der Waals surface area contributed by atoms with Crippen LogP contribution in [0.25, 0.3) is 11.3 Å². The number of aliphatic hydroxyl groups is 4. The summed E-state index contributed by atoms with van der Waals surface area (Å²) >= 11 is 0. The second kappa shape index (κ2) is 10.6. The molecule has 44 heavy (non-hydrogen) atoms. The molecule has 0 spiro atoms. The van der Waals surface area contributed by atoms with E-state index in [1.54, 1.807) is 12.5 Å². The summed E-state index contributed by atoms with van der Waals surface area (Å²) in [6, 6.07) is 0.421. The van der Waals surface area contributed by atoms with Crippen LogP contribution in [0, 0.1) is 18.3 Å². The van der Waals surface area contributed by atoms with Gasteiger partial charge in [-0.05, 0) is 76.3 Å². The van der Waals surface area contributed by atoms with Crippen LogP contribution in [0.5, 0.6) is 5.75 Å². The number of amides is 1. The predicted molar refractivity (Wildman–Crippen MR) is 161 cm³/mol. The number of nitrogens with zero attached hydrogens (tertiary/aromatic N) is 2. The maximum absolute atomic E-state index is 14.2. The third-order valence-corrected chi connectivity index (χ3v) is 9.74. The predicted octanol–water partition coefficient (Wildman–Crippen LogP) is 0.794. The smallest absolute Gasteiger partial charge is 0.255 e. The Bertz CT molecular complexity index is 1600. The SMILES string of the molecule is CN1CCC(Nc2cc(C3=CCC=C3)c3c(c2O)C(O)=C2C(=O)[C@]4(O)C(O)=C(C(N)=O)C(=O)[C@@H](N(C)C)[C@@H]4[C@@H](O)[C@@H]2[CH]3)CC1. The molecule has 1 amide bonds. The number of allylic oxidation sites excluding steroid dienone is 4. The zero-order valence-electron chi connectivity index (χ0n) is 24.7. The molecule has 1 aliphatic heterocycles. The summed E-state index contributed by atoms with van der Waals surface area (Å²) in [5.41, 5.74) is 3.15. The van der Waals surface area contributed by atoms with E-state index in [0.29, 0.717) is 23.2 Å². The molecule has 6 rings (SSSR count). The standard InChI is InChI=1S/C32H37N4O8/c1-35(2)24-23-25(37)18-12-17-16(14-6-4-5-7-14)13-19(34-15-8-10-36(3)11-9-15)26(38)20(17)27(39)21(18)29(41)32(23,44)30(42)22(28(24)40)31(33)43/h4,6-7,12-13,15,18,23-25,34,37-39,42,44H,5,8-11H2,1-3H3,(H2,33,43)/t18-,23-,24+,25+,32+/m1/s1. The molecule has 0 unspecified atom stereocenters. The number of carbonyl (C=O) groups is 3. The van der Waals surface area contributed by atoms with Crippen LogP contribution in [0.4, 0.5) is 5.69 Å². The number of hydrogen-bond donors (Lipinski definition) is 7. The number of phenolic OH excluding ortho intramolecular Hbond substituents is 1. The van der Waals surface area contributed by atoms with Crippen molar-refractivity contribution in [2.24, 2.45) is 17.6 Å². The summed E-state index contributed by atoms with van der Waals surface area (Å²) < 4.78 is 0. The van der Waals surface area contributed by atoms with Crippen LogP contribution >= 0.6 is 0 Å². The number of ketones is 2. The maximum atomic E-state index is 14.2. The first-order valence-electron chi connectivity index (χ1n) is 14.7. The van der Waals surface area contributed by atoms with Gasteiger partial charge in [-0.1, -0.05) is 18.2 Å². The van der Waals surface area contributed by atoms with Crippen molar-refractivity contribution in [3.05, 3.63) is 64.3 Å². The van der Waals surface area contributed by atoms with Gasteiger partial charge in [0.2, 0.25) is 5.78 Å². The summed E-state index contributed by atoms with van der Waals surface area (Å²) in [5.74, 6) is -8.61. The molecular formula is C32H37N4O8. The van der Waals surface area contributed by atoms with E-state index in [2.05, 4.69) is 10.2 Å². The summed E-state index contributed by atoms with van der Waals surface area (Å²) in [4.78, 5) is 43.4. The Hall–Kier alpha value is -3.97. The number of primary amides is 1. The number of fused-ring (bicyclic) bond motifs is 3. The first-order valence-corrected chi connectivity index (χ1v) is 14.7. The monoisotopic (exact) mass is 605 g/mol. The molecule has 12 heteroatoms. The topological polar surface area (TPSA) is 197 Å². The molecule has 233 valence electrons. The van der Waals surface area contributed by atoms with Gasteiger partial charge in [-0.3, -0.25) is 19.3 Å². The largest absolute Gasteiger partial charge is 0.508 e. The Morgan fingerprint density at radius 3 is 2.43 bits per heavy atom. The summed E-state index contributed by atoms with van der Waals surface area (Å²) in [6.45, 7) is 1.73. The van der Waals surface area contributed by atoms with Gasteiger partial charge in [0, 0.05) is 24.0 Å². The van der Waals surface area contributed by atoms with E-state index in [0.717, 1.165) is 31.5 Å². The molecule has 1 heterocycles. The van der Waals surface area contributed by atoms with Crippen molar-refractivity contribution >= 4 is 34.5 Å². The molecule has 1 aromatic carbocycles. The number of likely N-dealkylation sites (N-methyl/N-ethyl adjacent to an activating group) is 1. The number of aliphatic hydroxyl groups excluding tert-OH is 3. The number of nitrogens with one attached hydrogen (secondary N) is 1. The van der Waals surface area contributed by atoms with Crippen LogP contribution < -0.4 is 11.1 Å². The minimum Gasteiger partial charge on any atom is -0.508 e. The number of anilines is 1.